The normalized spacial score (nSPS) is 28.9. The quantitative estimate of drug-likeness (QED) is 0.887. The van der Waals surface area contributed by atoms with Gasteiger partial charge >= 0.3 is 5.97 Å². The molecular weight excluding hydrogens is 298 g/mol. The van der Waals surface area contributed by atoms with Gasteiger partial charge in [0.25, 0.3) is 5.91 Å². The zero-order valence-electron chi connectivity index (χ0n) is 12.9. The Morgan fingerprint density at radius 2 is 1.95 bits per heavy atom. The molecule has 0 atom stereocenters. The fourth-order valence-electron chi connectivity index (χ4n) is 3.65. The van der Waals surface area contributed by atoms with E-state index in [9.17, 15) is 9.59 Å². The molecule has 2 saturated carbocycles. The molecule has 22 heavy (non-hydrogen) atoms. The number of thiophene rings is 1. The minimum Gasteiger partial charge on any atom is -0.481 e. The average molecular weight is 321 g/mol. The Bertz CT molecular complexity index is 568. The SMILES string of the molecule is CC1(C(=O)O)CC(NC(=O)c2csc(C3CCCCC3)c2)C1. The summed E-state index contributed by atoms with van der Waals surface area (Å²) in [5.74, 6) is -0.205. The largest absolute Gasteiger partial charge is 0.481 e. The third-order valence-electron chi connectivity index (χ3n) is 5.13. The van der Waals surface area contributed by atoms with Crippen LogP contribution in [0.2, 0.25) is 0 Å². The van der Waals surface area contributed by atoms with Crippen LogP contribution in [0, 0.1) is 5.41 Å². The maximum Gasteiger partial charge on any atom is 0.309 e. The van der Waals surface area contributed by atoms with Gasteiger partial charge in [-0.3, -0.25) is 9.59 Å². The first-order valence-electron chi connectivity index (χ1n) is 8.11. The lowest BCUT2D eigenvalue weighted by atomic mass is 9.67. The number of carbonyl (C=O) groups is 2. The topological polar surface area (TPSA) is 66.4 Å². The summed E-state index contributed by atoms with van der Waals surface area (Å²) in [4.78, 5) is 24.7. The minimum absolute atomic E-state index is 0.00775. The van der Waals surface area contributed by atoms with Crippen LogP contribution in [0.4, 0.5) is 0 Å². The molecule has 0 radical (unpaired) electrons. The first-order valence-corrected chi connectivity index (χ1v) is 8.98. The van der Waals surface area contributed by atoms with E-state index in [1.807, 2.05) is 11.4 Å². The van der Waals surface area contributed by atoms with Crippen LogP contribution < -0.4 is 5.32 Å². The lowest BCUT2D eigenvalue weighted by Crippen LogP contribution is -2.52. The molecule has 0 saturated heterocycles. The third kappa shape index (κ3) is 3.05. The van der Waals surface area contributed by atoms with Crippen LogP contribution in [-0.4, -0.2) is 23.0 Å². The van der Waals surface area contributed by atoms with E-state index in [-0.39, 0.29) is 11.9 Å². The molecule has 0 aromatic carbocycles. The predicted octanol–water partition coefficient (Wildman–Crippen LogP) is 3.78. The number of aliphatic carboxylic acids is 1. The van der Waals surface area contributed by atoms with Crippen molar-refractivity contribution in [2.75, 3.05) is 0 Å². The Balaban J connectivity index is 1.55. The zero-order chi connectivity index (χ0) is 15.7. The molecule has 1 heterocycles. The summed E-state index contributed by atoms with van der Waals surface area (Å²) >= 11 is 1.69. The van der Waals surface area contributed by atoms with Gasteiger partial charge in [0.1, 0.15) is 0 Å². The van der Waals surface area contributed by atoms with Crippen molar-refractivity contribution in [3.05, 3.63) is 21.9 Å². The molecule has 1 amide bonds. The minimum atomic E-state index is -0.770. The highest BCUT2D eigenvalue weighted by Crippen LogP contribution is 2.41. The molecule has 0 aliphatic heterocycles. The van der Waals surface area contributed by atoms with Crippen LogP contribution in [0.3, 0.4) is 0 Å². The van der Waals surface area contributed by atoms with Gasteiger partial charge in [-0.05, 0) is 44.6 Å². The van der Waals surface area contributed by atoms with Crippen molar-refractivity contribution in [1.29, 1.82) is 0 Å². The number of hydrogen-bond donors (Lipinski definition) is 2. The number of amides is 1. The second kappa shape index (κ2) is 6.03. The number of rotatable bonds is 4. The number of nitrogens with one attached hydrogen (secondary N) is 1. The fourth-order valence-corrected chi connectivity index (χ4v) is 4.71. The predicted molar refractivity (Wildman–Crippen MR) is 86.4 cm³/mol. The monoisotopic (exact) mass is 321 g/mol. The van der Waals surface area contributed by atoms with E-state index >= 15 is 0 Å². The van der Waals surface area contributed by atoms with Crippen LogP contribution >= 0.6 is 11.3 Å². The molecule has 4 nitrogen and oxygen atoms in total. The Labute approximate surface area is 134 Å². The Kier molecular flexibility index (Phi) is 4.26. The molecule has 120 valence electrons. The van der Waals surface area contributed by atoms with Crippen LogP contribution in [0.25, 0.3) is 0 Å². The van der Waals surface area contributed by atoms with Crippen molar-refractivity contribution in [3.63, 3.8) is 0 Å². The average Bonchev–Trinajstić information content (AvgIpc) is 2.96. The van der Waals surface area contributed by atoms with Gasteiger partial charge in [-0.25, -0.2) is 0 Å². The number of carboxylic acids is 1. The molecular formula is C17H23NO3S. The van der Waals surface area contributed by atoms with Gasteiger partial charge in [0.05, 0.1) is 11.0 Å². The molecule has 1 aromatic rings. The fraction of sp³-hybridized carbons (Fsp3) is 0.647. The van der Waals surface area contributed by atoms with E-state index in [1.165, 1.54) is 37.0 Å². The maximum atomic E-state index is 12.3. The van der Waals surface area contributed by atoms with E-state index in [2.05, 4.69) is 5.32 Å². The molecule has 2 aliphatic carbocycles. The van der Waals surface area contributed by atoms with Crippen molar-refractivity contribution in [3.8, 4) is 0 Å². The molecule has 2 fully saturated rings. The van der Waals surface area contributed by atoms with Gasteiger partial charge in [0, 0.05) is 16.3 Å². The van der Waals surface area contributed by atoms with Crippen LogP contribution in [0.5, 0.6) is 0 Å². The van der Waals surface area contributed by atoms with Crippen molar-refractivity contribution in [2.45, 2.75) is 63.8 Å². The van der Waals surface area contributed by atoms with E-state index < -0.39 is 11.4 Å². The molecule has 5 heteroatoms. The highest BCUT2D eigenvalue weighted by Gasteiger charge is 2.47. The molecule has 1 aromatic heterocycles. The van der Waals surface area contributed by atoms with Crippen LogP contribution in [0.15, 0.2) is 11.4 Å². The molecule has 2 aliphatic rings. The van der Waals surface area contributed by atoms with Gasteiger partial charge in [-0.2, -0.15) is 0 Å². The van der Waals surface area contributed by atoms with Crippen molar-refractivity contribution in [2.24, 2.45) is 5.41 Å². The lowest BCUT2D eigenvalue weighted by molar-refractivity contribution is -0.154. The lowest BCUT2D eigenvalue weighted by Gasteiger charge is -2.41. The van der Waals surface area contributed by atoms with Crippen molar-refractivity contribution < 1.29 is 14.7 Å². The maximum absolute atomic E-state index is 12.3. The zero-order valence-corrected chi connectivity index (χ0v) is 13.7. The molecule has 2 N–H and O–H groups in total. The van der Waals surface area contributed by atoms with E-state index in [0.717, 1.165) is 5.56 Å². The summed E-state index contributed by atoms with van der Waals surface area (Å²) in [6, 6.07) is 2.03. The van der Waals surface area contributed by atoms with Crippen LogP contribution in [0.1, 0.15) is 73.0 Å². The van der Waals surface area contributed by atoms with Crippen molar-refractivity contribution >= 4 is 23.2 Å². The molecule has 0 unspecified atom stereocenters. The van der Waals surface area contributed by atoms with Gasteiger partial charge in [-0.15, -0.1) is 11.3 Å². The standard InChI is InChI=1S/C17H23NO3S/c1-17(16(20)21)8-13(9-17)18-15(19)12-7-14(22-10-12)11-5-3-2-4-6-11/h7,10-11,13H,2-6,8-9H2,1H3,(H,18,19)(H,20,21). The van der Waals surface area contributed by atoms with Gasteiger partial charge < -0.3 is 10.4 Å². The Morgan fingerprint density at radius 1 is 1.27 bits per heavy atom. The third-order valence-corrected chi connectivity index (χ3v) is 6.23. The Hall–Kier alpha value is -1.36. The summed E-state index contributed by atoms with van der Waals surface area (Å²) in [5.41, 5.74) is 0.0642. The first-order chi connectivity index (χ1) is 10.5. The highest BCUT2D eigenvalue weighted by molar-refractivity contribution is 7.10. The number of carboxylic acid groups (broad SMARTS) is 1. The van der Waals surface area contributed by atoms with E-state index in [1.54, 1.807) is 18.3 Å². The van der Waals surface area contributed by atoms with Gasteiger partial charge in [0.15, 0.2) is 0 Å². The number of carbonyl (C=O) groups excluding carboxylic acids is 1. The van der Waals surface area contributed by atoms with E-state index in [4.69, 9.17) is 5.11 Å². The Morgan fingerprint density at radius 3 is 2.59 bits per heavy atom. The molecule has 0 spiro atoms. The van der Waals surface area contributed by atoms with Gasteiger partial charge in [-0.1, -0.05) is 19.3 Å². The summed E-state index contributed by atoms with van der Waals surface area (Å²) in [5, 5.41) is 14.0. The van der Waals surface area contributed by atoms with Gasteiger partial charge in [0.2, 0.25) is 0 Å². The van der Waals surface area contributed by atoms with Crippen molar-refractivity contribution in [1.82, 2.24) is 5.32 Å². The summed E-state index contributed by atoms with van der Waals surface area (Å²) in [6.45, 7) is 1.74. The summed E-state index contributed by atoms with van der Waals surface area (Å²) in [6.07, 6.45) is 7.43. The second-order valence-corrected chi connectivity index (χ2v) is 7.96. The number of hydrogen-bond acceptors (Lipinski definition) is 3. The molecule has 3 rings (SSSR count). The van der Waals surface area contributed by atoms with E-state index in [0.29, 0.717) is 18.8 Å². The molecule has 0 bridgehead atoms. The first kappa shape index (κ1) is 15.5. The smallest absolute Gasteiger partial charge is 0.309 e. The summed E-state index contributed by atoms with van der Waals surface area (Å²) in [7, 11) is 0. The van der Waals surface area contributed by atoms with Crippen LogP contribution in [-0.2, 0) is 4.79 Å². The summed E-state index contributed by atoms with van der Waals surface area (Å²) < 4.78 is 0. The highest BCUT2D eigenvalue weighted by atomic mass is 32.1. The second-order valence-electron chi connectivity index (χ2n) is 7.02.